The van der Waals surface area contributed by atoms with Crippen LogP contribution in [0.3, 0.4) is 0 Å². The number of amides is 1. The van der Waals surface area contributed by atoms with Crippen molar-refractivity contribution in [3.05, 3.63) is 48.0 Å². The first-order valence-corrected chi connectivity index (χ1v) is 14.9. The van der Waals surface area contributed by atoms with Crippen LogP contribution >= 0.6 is 11.3 Å². The highest BCUT2D eigenvalue weighted by Crippen LogP contribution is 2.35. The summed E-state index contributed by atoms with van der Waals surface area (Å²) in [5, 5.41) is 0.567. The molecule has 1 atom stereocenters. The highest BCUT2D eigenvalue weighted by Gasteiger charge is 2.37. The zero-order valence-electron chi connectivity index (χ0n) is 20.9. The number of thiazole rings is 1. The quantitative estimate of drug-likeness (QED) is 0.397. The highest BCUT2D eigenvalue weighted by atomic mass is 32.2. The molecule has 204 valence electrons. The Bertz CT molecular complexity index is 1420. The first-order chi connectivity index (χ1) is 18.3. The predicted molar refractivity (Wildman–Crippen MR) is 140 cm³/mol. The second-order valence-corrected chi connectivity index (χ2v) is 12.3. The van der Waals surface area contributed by atoms with Crippen LogP contribution in [0, 0.1) is 17.6 Å². The summed E-state index contributed by atoms with van der Waals surface area (Å²) in [7, 11) is -4.15. The lowest BCUT2D eigenvalue weighted by Crippen LogP contribution is -2.46. The molecule has 3 heterocycles. The van der Waals surface area contributed by atoms with Gasteiger partial charge in [0.25, 0.3) is 0 Å². The molecule has 0 saturated carbocycles. The molecule has 8 nitrogen and oxygen atoms in total. The molecule has 0 aliphatic carbocycles. The Morgan fingerprint density at radius 3 is 2.66 bits per heavy atom. The molecule has 2 aliphatic heterocycles. The van der Waals surface area contributed by atoms with Gasteiger partial charge in [0.1, 0.15) is 22.3 Å². The summed E-state index contributed by atoms with van der Waals surface area (Å²) >= 11 is 1.41. The Labute approximate surface area is 224 Å². The van der Waals surface area contributed by atoms with Crippen LogP contribution in [-0.4, -0.2) is 62.6 Å². The topological polar surface area (TPSA) is 89.0 Å². The van der Waals surface area contributed by atoms with Gasteiger partial charge in [-0.1, -0.05) is 11.3 Å². The molecule has 2 aliphatic rings. The number of anilines is 1. The summed E-state index contributed by atoms with van der Waals surface area (Å²) in [5.41, 5.74) is 0.765. The van der Waals surface area contributed by atoms with Crippen LogP contribution in [0.4, 0.5) is 13.9 Å². The average molecular weight is 566 g/mol. The van der Waals surface area contributed by atoms with Gasteiger partial charge < -0.3 is 9.47 Å². The number of carbonyl (C=O) groups is 1. The maximum Gasteiger partial charge on any atom is 0.245 e. The van der Waals surface area contributed by atoms with Crippen molar-refractivity contribution in [2.24, 2.45) is 5.92 Å². The van der Waals surface area contributed by atoms with Crippen LogP contribution in [0.2, 0.25) is 0 Å². The molecule has 3 aromatic rings. The summed E-state index contributed by atoms with van der Waals surface area (Å²) in [6.07, 6.45) is 2.25. The lowest BCUT2D eigenvalue weighted by molar-refractivity contribution is -0.123. The molecule has 2 fully saturated rings. The monoisotopic (exact) mass is 565 g/mol. The molecule has 0 spiro atoms. The van der Waals surface area contributed by atoms with Gasteiger partial charge in [-0.05, 0) is 62.9 Å². The lowest BCUT2D eigenvalue weighted by atomic mass is 9.96. The smallest absolute Gasteiger partial charge is 0.245 e. The van der Waals surface area contributed by atoms with E-state index in [0.717, 1.165) is 45.2 Å². The fraction of sp³-hybridized carbons (Fsp3) is 0.462. The van der Waals surface area contributed by atoms with Gasteiger partial charge in [0, 0.05) is 31.7 Å². The van der Waals surface area contributed by atoms with Crippen LogP contribution in [0.5, 0.6) is 5.75 Å². The van der Waals surface area contributed by atoms with Gasteiger partial charge in [-0.3, -0.25) is 9.69 Å². The third-order valence-electron chi connectivity index (χ3n) is 6.88. The van der Waals surface area contributed by atoms with E-state index in [2.05, 4.69) is 0 Å². The fourth-order valence-electron chi connectivity index (χ4n) is 4.91. The Morgan fingerprint density at radius 2 is 1.97 bits per heavy atom. The molecule has 1 amide bonds. The summed E-state index contributed by atoms with van der Waals surface area (Å²) in [6, 6.07) is 8.04. The van der Waals surface area contributed by atoms with Gasteiger partial charge in [0.15, 0.2) is 5.13 Å². The summed E-state index contributed by atoms with van der Waals surface area (Å²) < 4.78 is 67.0. The molecule has 2 aromatic carbocycles. The molecule has 1 unspecified atom stereocenters. The van der Waals surface area contributed by atoms with Crippen LogP contribution in [0.15, 0.2) is 41.3 Å². The summed E-state index contributed by atoms with van der Waals surface area (Å²) in [6.45, 7) is 3.60. The number of sulfonamides is 1. The maximum atomic E-state index is 14.2. The van der Waals surface area contributed by atoms with Gasteiger partial charge >= 0.3 is 0 Å². The molecule has 0 bridgehead atoms. The van der Waals surface area contributed by atoms with E-state index in [1.165, 1.54) is 11.3 Å². The number of hydrogen-bond donors (Lipinski definition) is 0. The van der Waals surface area contributed by atoms with E-state index in [1.54, 1.807) is 4.90 Å². The first-order valence-electron chi connectivity index (χ1n) is 12.7. The highest BCUT2D eigenvalue weighted by molar-refractivity contribution is 7.89. The maximum absolute atomic E-state index is 14.2. The Balaban J connectivity index is 1.34. The zero-order valence-corrected chi connectivity index (χ0v) is 22.6. The minimum absolute atomic E-state index is 0.0564. The van der Waals surface area contributed by atoms with Crippen molar-refractivity contribution in [3.63, 3.8) is 0 Å². The van der Waals surface area contributed by atoms with Crippen LogP contribution in [-0.2, 0) is 19.6 Å². The number of benzene rings is 2. The van der Waals surface area contributed by atoms with Crippen molar-refractivity contribution in [1.82, 2.24) is 9.29 Å². The largest absolute Gasteiger partial charge is 0.494 e. The minimum atomic E-state index is -4.15. The molecule has 38 heavy (non-hydrogen) atoms. The molecular formula is C26H29F2N3O5S2. The van der Waals surface area contributed by atoms with E-state index in [1.807, 2.05) is 25.1 Å². The SMILES string of the molecule is CCOc1ccc2nc(N(CC3CCCO3)C(=O)C3CCN(S(=O)(=O)c4ccc(F)cc4F)CC3)sc2c1. The van der Waals surface area contributed by atoms with E-state index in [9.17, 15) is 22.0 Å². The second-order valence-electron chi connectivity index (χ2n) is 9.40. The number of rotatable bonds is 8. The van der Waals surface area contributed by atoms with E-state index < -0.39 is 32.5 Å². The first kappa shape index (κ1) is 26.9. The third-order valence-corrected chi connectivity index (χ3v) is 9.85. The number of piperidine rings is 1. The van der Waals surface area contributed by atoms with Gasteiger partial charge in [-0.25, -0.2) is 22.2 Å². The van der Waals surface area contributed by atoms with Crippen molar-refractivity contribution in [1.29, 1.82) is 0 Å². The number of carbonyl (C=O) groups excluding carboxylic acids is 1. The number of ether oxygens (including phenoxy) is 2. The normalized spacial score (nSPS) is 19.2. The molecule has 1 aromatic heterocycles. The number of aromatic nitrogens is 1. The predicted octanol–water partition coefficient (Wildman–Crippen LogP) is 4.59. The Kier molecular flexibility index (Phi) is 7.94. The molecule has 2 saturated heterocycles. The van der Waals surface area contributed by atoms with Crippen molar-refractivity contribution < 1.29 is 31.5 Å². The Morgan fingerprint density at radius 1 is 1.18 bits per heavy atom. The van der Waals surface area contributed by atoms with E-state index in [4.69, 9.17) is 14.5 Å². The second kappa shape index (κ2) is 11.2. The van der Waals surface area contributed by atoms with Crippen molar-refractivity contribution >= 4 is 42.6 Å². The number of hydrogen-bond acceptors (Lipinski definition) is 7. The van der Waals surface area contributed by atoms with Gasteiger partial charge in [0.2, 0.25) is 15.9 Å². The third kappa shape index (κ3) is 5.54. The van der Waals surface area contributed by atoms with E-state index in [-0.39, 0.29) is 37.9 Å². The van der Waals surface area contributed by atoms with Gasteiger partial charge in [-0.2, -0.15) is 4.31 Å². The molecule has 0 N–H and O–H groups in total. The number of fused-ring (bicyclic) bond motifs is 1. The van der Waals surface area contributed by atoms with E-state index >= 15 is 0 Å². The standard InChI is InChI=1S/C26H29F2N3O5S2/c1-2-35-19-6-7-22-23(15-19)37-26(29-22)31(16-20-4-3-13-36-20)25(32)17-9-11-30(12-10-17)38(33,34)24-8-5-18(27)14-21(24)28/h5-8,14-15,17,20H,2-4,9-13,16H2,1H3. The van der Waals surface area contributed by atoms with Crippen molar-refractivity contribution in [2.75, 3.05) is 37.7 Å². The van der Waals surface area contributed by atoms with Gasteiger partial charge in [0.05, 0.1) is 29.5 Å². The lowest BCUT2D eigenvalue weighted by Gasteiger charge is -2.33. The van der Waals surface area contributed by atoms with Crippen molar-refractivity contribution in [3.8, 4) is 5.75 Å². The molecule has 12 heteroatoms. The Hall–Kier alpha value is -2.67. The van der Waals surface area contributed by atoms with Gasteiger partial charge in [-0.15, -0.1) is 0 Å². The molecular weight excluding hydrogens is 536 g/mol. The van der Waals surface area contributed by atoms with Crippen LogP contribution < -0.4 is 9.64 Å². The van der Waals surface area contributed by atoms with Crippen molar-refractivity contribution in [2.45, 2.75) is 43.6 Å². The number of halogens is 2. The minimum Gasteiger partial charge on any atom is -0.494 e. The molecule has 0 radical (unpaired) electrons. The summed E-state index contributed by atoms with van der Waals surface area (Å²) in [5.74, 6) is -1.80. The van der Waals surface area contributed by atoms with Crippen LogP contribution in [0.25, 0.3) is 10.2 Å². The number of nitrogens with zero attached hydrogens (tertiary/aromatic N) is 3. The van der Waals surface area contributed by atoms with Crippen LogP contribution in [0.1, 0.15) is 32.6 Å². The zero-order chi connectivity index (χ0) is 26.9. The average Bonchev–Trinajstić information content (AvgIpc) is 3.56. The molecule has 5 rings (SSSR count). The fourth-order valence-corrected chi connectivity index (χ4v) is 7.43. The summed E-state index contributed by atoms with van der Waals surface area (Å²) in [4.78, 5) is 19.6. The van der Waals surface area contributed by atoms with E-state index in [0.29, 0.717) is 31.0 Å².